The summed E-state index contributed by atoms with van der Waals surface area (Å²) in [6.07, 6.45) is 3.97. The summed E-state index contributed by atoms with van der Waals surface area (Å²) in [7, 11) is 0. The van der Waals surface area contributed by atoms with Crippen LogP contribution < -0.4 is 11.1 Å². The molecule has 1 heterocycles. The third-order valence-corrected chi connectivity index (χ3v) is 3.61. The van der Waals surface area contributed by atoms with Gasteiger partial charge < -0.3 is 15.8 Å². The van der Waals surface area contributed by atoms with E-state index in [-0.39, 0.29) is 24.1 Å². The largest absolute Gasteiger partial charge is 0.376 e. The zero-order chi connectivity index (χ0) is 11.7. The fourth-order valence-electron chi connectivity index (χ4n) is 2.59. The highest BCUT2D eigenvalue weighted by Crippen LogP contribution is 2.37. The van der Waals surface area contributed by atoms with E-state index in [0.717, 1.165) is 25.0 Å². The van der Waals surface area contributed by atoms with Crippen LogP contribution in [-0.4, -0.2) is 30.7 Å². The molecule has 4 heteroatoms. The molecule has 0 aromatic rings. The Morgan fingerprint density at radius 2 is 2.38 bits per heavy atom. The Morgan fingerprint density at radius 1 is 1.62 bits per heavy atom. The minimum atomic E-state index is -0.0174. The van der Waals surface area contributed by atoms with Gasteiger partial charge in [-0.1, -0.05) is 13.0 Å². The molecule has 1 aliphatic carbocycles. The van der Waals surface area contributed by atoms with Crippen LogP contribution in [0.4, 0.5) is 0 Å². The Bertz CT molecular complexity index is 314. The Hall–Kier alpha value is -0.870. The van der Waals surface area contributed by atoms with Crippen LogP contribution in [0.5, 0.6) is 0 Å². The monoisotopic (exact) mass is 224 g/mol. The summed E-state index contributed by atoms with van der Waals surface area (Å²) >= 11 is 0. The summed E-state index contributed by atoms with van der Waals surface area (Å²) in [5.74, 6) is 0.428. The summed E-state index contributed by atoms with van der Waals surface area (Å²) < 4.78 is 5.56. The molecule has 2 aliphatic rings. The van der Waals surface area contributed by atoms with Crippen molar-refractivity contribution in [3.8, 4) is 0 Å². The molecule has 3 N–H and O–H groups in total. The van der Waals surface area contributed by atoms with Crippen LogP contribution in [0.25, 0.3) is 0 Å². The number of allylic oxidation sites excluding steroid dienone is 1. The predicted octanol–water partition coefficient (Wildman–Crippen LogP) is 0.574. The smallest absolute Gasteiger partial charge is 0.246 e. The number of ether oxygens (including phenoxy) is 1. The van der Waals surface area contributed by atoms with E-state index in [2.05, 4.69) is 5.32 Å². The zero-order valence-electron chi connectivity index (χ0n) is 9.90. The number of fused-ring (bicyclic) bond motifs is 1. The van der Waals surface area contributed by atoms with Crippen molar-refractivity contribution in [1.29, 1.82) is 0 Å². The molecule has 4 nitrogen and oxygen atoms in total. The molecule has 4 atom stereocenters. The maximum atomic E-state index is 11.8. The highest BCUT2D eigenvalue weighted by molar-refractivity contribution is 5.93. The molecule has 1 amide bonds. The van der Waals surface area contributed by atoms with Gasteiger partial charge in [0.15, 0.2) is 0 Å². The first kappa shape index (κ1) is 11.6. The standard InChI is InChI=1S/C12H20N2O2/c1-3-4-7(2)12(15)14-10-9(13)8-5-6-16-11(8)10/h4,8-11H,3,5-6,13H2,1-2H3,(H,14,15). The van der Waals surface area contributed by atoms with Crippen molar-refractivity contribution >= 4 is 5.91 Å². The van der Waals surface area contributed by atoms with E-state index >= 15 is 0 Å². The van der Waals surface area contributed by atoms with Crippen LogP contribution in [0.3, 0.4) is 0 Å². The van der Waals surface area contributed by atoms with Crippen molar-refractivity contribution in [3.05, 3.63) is 11.6 Å². The van der Waals surface area contributed by atoms with Gasteiger partial charge in [-0.15, -0.1) is 0 Å². The number of hydrogen-bond acceptors (Lipinski definition) is 3. The van der Waals surface area contributed by atoms with Crippen LogP contribution in [-0.2, 0) is 9.53 Å². The quantitative estimate of drug-likeness (QED) is 0.689. The molecule has 0 aromatic carbocycles. The second kappa shape index (κ2) is 4.55. The van der Waals surface area contributed by atoms with Crippen molar-refractivity contribution in [3.63, 3.8) is 0 Å². The fraction of sp³-hybridized carbons (Fsp3) is 0.750. The molecular weight excluding hydrogens is 204 g/mol. The second-order valence-corrected chi connectivity index (χ2v) is 4.66. The van der Waals surface area contributed by atoms with Gasteiger partial charge in [0.05, 0.1) is 12.1 Å². The Morgan fingerprint density at radius 3 is 3.06 bits per heavy atom. The van der Waals surface area contributed by atoms with Gasteiger partial charge >= 0.3 is 0 Å². The molecule has 1 aliphatic heterocycles. The minimum Gasteiger partial charge on any atom is -0.376 e. The summed E-state index contributed by atoms with van der Waals surface area (Å²) in [5, 5.41) is 2.96. The highest BCUT2D eigenvalue weighted by Gasteiger charge is 2.52. The summed E-state index contributed by atoms with van der Waals surface area (Å²) in [4.78, 5) is 11.8. The molecule has 0 spiro atoms. The van der Waals surface area contributed by atoms with E-state index in [1.165, 1.54) is 0 Å². The fourth-order valence-corrected chi connectivity index (χ4v) is 2.59. The van der Waals surface area contributed by atoms with Crippen LogP contribution in [0.15, 0.2) is 11.6 Å². The number of rotatable bonds is 3. The van der Waals surface area contributed by atoms with Crippen LogP contribution >= 0.6 is 0 Å². The van der Waals surface area contributed by atoms with E-state index in [9.17, 15) is 4.79 Å². The lowest BCUT2D eigenvalue weighted by molar-refractivity contribution is -0.122. The number of hydrogen-bond donors (Lipinski definition) is 2. The SMILES string of the molecule is CCC=C(C)C(=O)NC1C(N)C2CCOC21. The summed E-state index contributed by atoms with van der Waals surface area (Å²) in [6.45, 7) is 4.62. The summed E-state index contributed by atoms with van der Waals surface area (Å²) in [6, 6.07) is 0.0612. The van der Waals surface area contributed by atoms with E-state index < -0.39 is 0 Å². The lowest BCUT2D eigenvalue weighted by Crippen LogP contribution is -2.69. The van der Waals surface area contributed by atoms with Gasteiger partial charge in [0.2, 0.25) is 5.91 Å². The molecule has 0 radical (unpaired) electrons. The maximum Gasteiger partial charge on any atom is 0.246 e. The third-order valence-electron chi connectivity index (χ3n) is 3.61. The lowest BCUT2D eigenvalue weighted by Gasteiger charge is -2.45. The highest BCUT2D eigenvalue weighted by atomic mass is 16.5. The average Bonchev–Trinajstić information content (AvgIpc) is 2.70. The number of carbonyl (C=O) groups is 1. The molecule has 0 aromatic heterocycles. The third kappa shape index (κ3) is 1.87. The second-order valence-electron chi connectivity index (χ2n) is 4.66. The average molecular weight is 224 g/mol. The van der Waals surface area contributed by atoms with Crippen molar-refractivity contribution in [2.45, 2.75) is 44.9 Å². The molecule has 0 bridgehead atoms. The minimum absolute atomic E-state index is 0.000191. The lowest BCUT2D eigenvalue weighted by atomic mass is 9.72. The van der Waals surface area contributed by atoms with E-state index in [0.29, 0.717) is 5.92 Å². The number of nitrogens with two attached hydrogens (primary N) is 1. The van der Waals surface area contributed by atoms with Gasteiger partial charge in [-0.3, -0.25) is 4.79 Å². The Labute approximate surface area is 96.2 Å². The first-order valence-electron chi connectivity index (χ1n) is 6.00. The first-order valence-corrected chi connectivity index (χ1v) is 6.00. The number of carbonyl (C=O) groups excluding carboxylic acids is 1. The van der Waals surface area contributed by atoms with Crippen molar-refractivity contribution in [2.24, 2.45) is 11.7 Å². The molecule has 1 saturated heterocycles. The van der Waals surface area contributed by atoms with Gasteiger partial charge in [0, 0.05) is 24.1 Å². The van der Waals surface area contributed by atoms with Crippen molar-refractivity contribution < 1.29 is 9.53 Å². The summed E-state index contributed by atoms with van der Waals surface area (Å²) in [5.41, 5.74) is 6.78. The molecule has 16 heavy (non-hydrogen) atoms. The Balaban J connectivity index is 1.91. The molecule has 2 rings (SSSR count). The topological polar surface area (TPSA) is 64.4 Å². The van der Waals surface area contributed by atoms with Crippen LogP contribution in [0.2, 0.25) is 0 Å². The van der Waals surface area contributed by atoms with E-state index in [1.54, 1.807) is 0 Å². The molecule has 90 valence electrons. The van der Waals surface area contributed by atoms with Gasteiger partial charge in [0.25, 0.3) is 0 Å². The van der Waals surface area contributed by atoms with E-state index in [1.807, 2.05) is 19.9 Å². The van der Waals surface area contributed by atoms with Gasteiger partial charge in [-0.25, -0.2) is 0 Å². The number of amides is 1. The van der Waals surface area contributed by atoms with Crippen LogP contribution in [0.1, 0.15) is 26.7 Å². The van der Waals surface area contributed by atoms with E-state index in [4.69, 9.17) is 10.5 Å². The van der Waals surface area contributed by atoms with Gasteiger partial charge in [-0.2, -0.15) is 0 Å². The molecule has 2 fully saturated rings. The normalized spacial score (nSPS) is 37.8. The molecular formula is C12H20N2O2. The first-order chi connectivity index (χ1) is 7.65. The van der Waals surface area contributed by atoms with Gasteiger partial charge in [0.1, 0.15) is 0 Å². The van der Waals surface area contributed by atoms with Crippen LogP contribution in [0, 0.1) is 5.92 Å². The Kier molecular flexibility index (Phi) is 3.30. The molecule has 4 unspecified atom stereocenters. The molecule has 1 saturated carbocycles. The van der Waals surface area contributed by atoms with Gasteiger partial charge in [-0.05, 0) is 19.8 Å². The van der Waals surface area contributed by atoms with Crippen molar-refractivity contribution in [2.75, 3.05) is 6.61 Å². The number of nitrogens with one attached hydrogen (secondary N) is 1. The predicted molar refractivity (Wildman–Crippen MR) is 61.8 cm³/mol. The maximum absolute atomic E-state index is 11.8. The van der Waals surface area contributed by atoms with Crippen molar-refractivity contribution in [1.82, 2.24) is 5.32 Å². The zero-order valence-corrected chi connectivity index (χ0v) is 9.90.